The molecule has 0 saturated heterocycles. The Balaban J connectivity index is 0.000000129. The molecular formula is C46H40Cl2N12O3S2. The first-order chi connectivity index (χ1) is 31.6. The molecule has 8 heterocycles. The molecule has 4 N–H and O–H groups in total. The Morgan fingerprint density at radius 3 is 1.69 bits per heavy atom. The fourth-order valence-electron chi connectivity index (χ4n) is 7.51. The van der Waals surface area contributed by atoms with Gasteiger partial charge in [-0.3, -0.25) is 14.2 Å². The van der Waals surface area contributed by atoms with E-state index in [9.17, 15) is 9.59 Å². The number of imidazole rings is 2. The maximum atomic E-state index is 12.6. The average Bonchev–Trinajstić information content (AvgIpc) is 3.90. The van der Waals surface area contributed by atoms with E-state index in [0.29, 0.717) is 48.6 Å². The normalized spacial score (nSPS) is 13.5. The molecule has 0 unspecified atom stereocenters. The number of carbonyl (C=O) groups is 2. The number of aromatic nitrogens is 10. The van der Waals surface area contributed by atoms with E-state index < -0.39 is 5.97 Å². The summed E-state index contributed by atoms with van der Waals surface area (Å²) in [6.07, 6.45) is 19.6. The van der Waals surface area contributed by atoms with Crippen LogP contribution >= 0.6 is 46.3 Å². The number of carbonyl (C=O) groups excluding carboxylic acids is 1. The molecule has 2 saturated carbocycles. The zero-order valence-corrected chi connectivity index (χ0v) is 37.7. The standard InChI is InChI=1S/C23H19ClN6OS.C15H14N4O2.C8H7ClN2S/c24-17-4-5-21-19(7-17)20(28-32-21)9-25-23(31)16-8-26-30(11-16)13-18-12-29-10-15(14-1-2-14)3-6-22(29)27-18;20-15(21)12-5-16-19(7-12)9-13-8-18-6-11(10-1-2-10)3-4-14(18)17-13;9-5-1-2-8-6(3-5)7(4-10)11-12-8/h3-8,10-12,14H,1-2,9,13H2,(H,25,31);3-8,10H,1-2,9H2,(H,20,21);1-3H,4,10H2. The SMILES string of the molecule is NCc1nsc2ccc(Cl)cc12.O=C(NCc1nsc2ccc(Cl)cc12)c1cnn(Cc2cn3cc(C4CC4)ccc3n2)c1.O=C(O)c1cnn(Cc2cn3cc(C4CC4)ccc3n2)c1. The monoisotopic (exact) mass is 942 g/mol. The number of hydrogen-bond acceptors (Lipinski definition) is 11. The summed E-state index contributed by atoms with van der Waals surface area (Å²) in [5.74, 6) is 0.259. The molecule has 2 fully saturated rings. The molecule has 12 rings (SSSR count). The van der Waals surface area contributed by atoms with Gasteiger partial charge in [-0.15, -0.1) is 0 Å². The van der Waals surface area contributed by atoms with E-state index >= 15 is 0 Å². The third-order valence-electron chi connectivity index (χ3n) is 11.2. The number of nitrogens with two attached hydrogens (primary N) is 1. The van der Waals surface area contributed by atoms with Crippen LogP contribution in [-0.2, 0) is 26.2 Å². The number of carboxylic acids is 1. The summed E-state index contributed by atoms with van der Waals surface area (Å²) in [6, 6.07) is 19.8. The lowest BCUT2D eigenvalue weighted by atomic mass is 10.2. The maximum absolute atomic E-state index is 12.6. The highest BCUT2D eigenvalue weighted by molar-refractivity contribution is 7.13. The number of nitrogens with one attached hydrogen (secondary N) is 1. The first-order valence-corrected chi connectivity index (χ1v) is 23.2. The number of halogens is 2. The molecule has 0 radical (unpaired) electrons. The topological polar surface area (TPSA) is 188 Å². The number of nitrogens with zero attached hydrogens (tertiary/aromatic N) is 10. The van der Waals surface area contributed by atoms with Crippen molar-refractivity contribution in [1.29, 1.82) is 0 Å². The Hall–Kier alpha value is -6.50. The predicted molar refractivity (Wildman–Crippen MR) is 252 cm³/mol. The van der Waals surface area contributed by atoms with Crippen LogP contribution in [0.2, 0.25) is 10.0 Å². The van der Waals surface area contributed by atoms with Gasteiger partial charge >= 0.3 is 5.97 Å². The Kier molecular flexibility index (Phi) is 11.9. The van der Waals surface area contributed by atoms with Crippen LogP contribution in [0.4, 0.5) is 0 Å². The lowest BCUT2D eigenvalue weighted by molar-refractivity contribution is 0.0696. The van der Waals surface area contributed by atoms with Gasteiger partial charge in [0.2, 0.25) is 0 Å². The minimum absolute atomic E-state index is 0.190. The molecule has 65 heavy (non-hydrogen) atoms. The number of benzene rings is 2. The average molecular weight is 944 g/mol. The van der Waals surface area contributed by atoms with Crippen LogP contribution in [0.1, 0.15) is 92.1 Å². The molecule has 15 nitrogen and oxygen atoms in total. The van der Waals surface area contributed by atoms with Gasteiger partial charge in [0.15, 0.2) is 0 Å². The number of hydrogen-bond donors (Lipinski definition) is 3. The summed E-state index contributed by atoms with van der Waals surface area (Å²) in [7, 11) is 0. The van der Waals surface area contributed by atoms with E-state index in [4.69, 9.17) is 34.0 Å². The van der Waals surface area contributed by atoms with Crippen LogP contribution in [-0.4, -0.2) is 64.1 Å². The minimum Gasteiger partial charge on any atom is -0.478 e. The fraction of sp³-hybridized carbons (Fsp3) is 0.217. The number of amides is 1. The molecule has 19 heteroatoms. The first-order valence-electron chi connectivity index (χ1n) is 20.9. The zero-order valence-electron chi connectivity index (χ0n) is 34.6. The number of fused-ring (bicyclic) bond motifs is 4. The van der Waals surface area contributed by atoms with Gasteiger partial charge in [0.25, 0.3) is 5.91 Å². The maximum Gasteiger partial charge on any atom is 0.338 e. The lowest BCUT2D eigenvalue weighted by Crippen LogP contribution is -2.22. The van der Waals surface area contributed by atoms with Gasteiger partial charge in [-0.2, -0.15) is 18.9 Å². The summed E-state index contributed by atoms with van der Waals surface area (Å²) in [6.45, 7) is 1.77. The van der Waals surface area contributed by atoms with Crippen molar-refractivity contribution in [3.05, 3.63) is 165 Å². The molecule has 8 aromatic heterocycles. The second-order valence-corrected chi connectivity index (χ2v) is 18.5. The highest BCUT2D eigenvalue weighted by Crippen LogP contribution is 2.40. The zero-order chi connectivity index (χ0) is 44.6. The van der Waals surface area contributed by atoms with Crippen LogP contribution < -0.4 is 11.1 Å². The van der Waals surface area contributed by atoms with Crippen LogP contribution in [0.15, 0.2) is 110 Å². The summed E-state index contributed by atoms with van der Waals surface area (Å²) >= 11 is 14.8. The molecule has 1 amide bonds. The second kappa shape index (κ2) is 18.2. The second-order valence-electron chi connectivity index (χ2n) is 16.1. The van der Waals surface area contributed by atoms with E-state index in [1.165, 1.54) is 72.3 Å². The van der Waals surface area contributed by atoms with Crippen molar-refractivity contribution in [3.63, 3.8) is 0 Å². The van der Waals surface area contributed by atoms with Crippen LogP contribution in [0.5, 0.6) is 0 Å². The third kappa shape index (κ3) is 9.79. The van der Waals surface area contributed by atoms with Crippen LogP contribution in [0.25, 0.3) is 31.5 Å². The Labute approximate surface area is 389 Å². The van der Waals surface area contributed by atoms with Gasteiger partial charge in [0, 0.05) is 64.5 Å². The third-order valence-corrected chi connectivity index (χ3v) is 13.4. The van der Waals surface area contributed by atoms with Crippen LogP contribution in [0, 0.1) is 0 Å². The first kappa shape index (κ1) is 42.5. The molecule has 2 aliphatic carbocycles. The highest BCUT2D eigenvalue weighted by Gasteiger charge is 2.25. The van der Waals surface area contributed by atoms with Crippen molar-refractivity contribution in [2.75, 3.05) is 0 Å². The lowest BCUT2D eigenvalue weighted by Gasteiger charge is -2.02. The van der Waals surface area contributed by atoms with E-state index in [-0.39, 0.29) is 11.5 Å². The number of carboxylic acid groups (broad SMARTS) is 1. The molecule has 0 bridgehead atoms. The molecule has 2 aliphatic rings. The quantitative estimate of drug-likeness (QED) is 0.113. The van der Waals surface area contributed by atoms with Crippen molar-refractivity contribution in [2.45, 2.75) is 63.7 Å². The van der Waals surface area contributed by atoms with E-state index in [1.807, 2.05) is 59.3 Å². The largest absolute Gasteiger partial charge is 0.478 e. The summed E-state index contributed by atoms with van der Waals surface area (Å²) in [4.78, 5) is 32.7. The van der Waals surface area contributed by atoms with Crippen molar-refractivity contribution in [1.82, 2.24) is 52.4 Å². The Morgan fingerprint density at radius 1 is 0.677 bits per heavy atom. The van der Waals surface area contributed by atoms with Gasteiger partial charge in [0.05, 0.1) is 75.3 Å². The van der Waals surface area contributed by atoms with Gasteiger partial charge < -0.3 is 25.0 Å². The summed E-state index contributed by atoms with van der Waals surface area (Å²) < 4.78 is 18.3. The Bertz CT molecular complexity index is 3360. The van der Waals surface area contributed by atoms with Crippen molar-refractivity contribution in [3.8, 4) is 0 Å². The van der Waals surface area contributed by atoms with Gasteiger partial charge in [0.1, 0.15) is 11.3 Å². The van der Waals surface area contributed by atoms with Crippen molar-refractivity contribution < 1.29 is 14.7 Å². The smallest absolute Gasteiger partial charge is 0.338 e. The molecule has 328 valence electrons. The molecule has 2 aromatic carbocycles. The van der Waals surface area contributed by atoms with Crippen molar-refractivity contribution in [2.24, 2.45) is 5.73 Å². The number of aromatic carboxylic acids is 1. The molecule has 0 atom stereocenters. The summed E-state index contributed by atoms with van der Waals surface area (Å²) in [5, 5.41) is 23.6. The van der Waals surface area contributed by atoms with E-state index in [0.717, 1.165) is 59.3 Å². The summed E-state index contributed by atoms with van der Waals surface area (Å²) in [5.41, 5.74) is 14.3. The van der Waals surface area contributed by atoms with Gasteiger partial charge in [-0.25, -0.2) is 14.8 Å². The number of pyridine rings is 2. The molecule has 0 spiro atoms. The van der Waals surface area contributed by atoms with Crippen molar-refractivity contribution >= 4 is 89.6 Å². The highest BCUT2D eigenvalue weighted by atomic mass is 35.5. The van der Waals surface area contributed by atoms with Crippen LogP contribution in [0.3, 0.4) is 0 Å². The Morgan fingerprint density at radius 2 is 1.18 bits per heavy atom. The van der Waals surface area contributed by atoms with E-state index in [2.05, 4.69) is 69.2 Å². The minimum atomic E-state index is -0.967. The molecular weight excluding hydrogens is 904 g/mol. The predicted octanol–water partition coefficient (Wildman–Crippen LogP) is 9.21. The van der Waals surface area contributed by atoms with Gasteiger partial charge in [-0.05, 0) is 120 Å². The van der Waals surface area contributed by atoms with E-state index in [1.54, 1.807) is 21.8 Å². The molecule has 0 aliphatic heterocycles. The number of rotatable bonds is 11. The fourth-order valence-corrected chi connectivity index (χ4v) is 9.42. The van der Waals surface area contributed by atoms with Gasteiger partial charge in [-0.1, -0.05) is 35.3 Å². The molecule has 10 aromatic rings.